The van der Waals surface area contributed by atoms with Crippen molar-refractivity contribution in [1.82, 2.24) is 4.90 Å². The average molecular weight is 247 g/mol. The molecule has 0 radical (unpaired) electrons. The van der Waals surface area contributed by atoms with Gasteiger partial charge in [0.15, 0.2) is 0 Å². The fourth-order valence-electron chi connectivity index (χ4n) is 2.93. The summed E-state index contributed by atoms with van der Waals surface area (Å²) < 4.78 is 0. The van der Waals surface area contributed by atoms with Crippen molar-refractivity contribution in [2.75, 3.05) is 13.1 Å². The second-order valence-electron chi connectivity index (χ2n) is 6.76. The highest BCUT2D eigenvalue weighted by Crippen LogP contribution is 2.36. The Balaban J connectivity index is 2.28. The lowest BCUT2D eigenvalue weighted by Crippen LogP contribution is -2.55. The van der Waals surface area contributed by atoms with E-state index >= 15 is 0 Å². The standard InChI is InChI=1S/C16H25NO/c1-13-10-16(18,14-8-6-5-7-9-14)12-17(11-13)15(2,3)4/h5-9,13,18H,10-12H2,1-4H3/t13-,16+/m0/s1. The molecule has 1 aromatic rings. The van der Waals surface area contributed by atoms with E-state index in [1.165, 1.54) is 0 Å². The molecule has 1 N–H and O–H groups in total. The molecule has 0 aromatic heterocycles. The molecule has 0 unspecified atom stereocenters. The summed E-state index contributed by atoms with van der Waals surface area (Å²) >= 11 is 0. The maximum absolute atomic E-state index is 11.0. The lowest BCUT2D eigenvalue weighted by atomic mass is 9.79. The van der Waals surface area contributed by atoms with Gasteiger partial charge in [0.25, 0.3) is 0 Å². The van der Waals surface area contributed by atoms with E-state index in [4.69, 9.17) is 0 Å². The fourth-order valence-corrected chi connectivity index (χ4v) is 2.93. The number of β-amino-alcohol motifs (C(OH)–C–C–N with tert-alkyl or cyclic N) is 1. The lowest BCUT2D eigenvalue weighted by Gasteiger charge is -2.48. The van der Waals surface area contributed by atoms with Crippen molar-refractivity contribution in [2.45, 2.75) is 45.3 Å². The zero-order chi connectivity index (χ0) is 13.4. The summed E-state index contributed by atoms with van der Waals surface area (Å²) in [6.07, 6.45) is 0.851. The van der Waals surface area contributed by atoms with Gasteiger partial charge in [-0.1, -0.05) is 37.3 Å². The van der Waals surface area contributed by atoms with Gasteiger partial charge < -0.3 is 5.11 Å². The van der Waals surface area contributed by atoms with Crippen LogP contribution in [0.1, 0.15) is 39.7 Å². The van der Waals surface area contributed by atoms with Gasteiger partial charge in [-0.15, -0.1) is 0 Å². The number of nitrogens with zero attached hydrogens (tertiary/aromatic N) is 1. The van der Waals surface area contributed by atoms with E-state index < -0.39 is 5.60 Å². The molecule has 1 aliphatic heterocycles. The van der Waals surface area contributed by atoms with Crippen LogP contribution in [0.4, 0.5) is 0 Å². The first-order valence-corrected chi connectivity index (χ1v) is 6.84. The first-order chi connectivity index (χ1) is 8.31. The molecule has 1 fully saturated rings. The van der Waals surface area contributed by atoms with Gasteiger partial charge in [-0.3, -0.25) is 4.90 Å². The minimum absolute atomic E-state index is 0.109. The Labute approximate surface area is 111 Å². The van der Waals surface area contributed by atoms with Gasteiger partial charge in [-0.25, -0.2) is 0 Å². The van der Waals surface area contributed by atoms with Crippen LogP contribution < -0.4 is 0 Å². The molecule has 0 spiro atoms. The van der Waals surface area contributed by atoms with Crippen LogP contribution in [-0.4, -0.2) is 28.6 Å². The Bertz CT molecular complexity index is 395. The predicted octanol–water partition coefficient (Wildman–Crippen LogP) is 3.01. The van der Waals surface area contributed by atoms with Crippen molar-refractivity contribution in [2.24, 2.45) is 5.92 Å². The van der Waals surface area contributed by atoms with Crippen LogP contribution in [0.15, 0.2) is 30.3 Å². The second kappa shape index (κ2) is 4.67. The third kappa shape index (κ3) is 2.76. The first kappa shape index (κ1) is 13.6. The summed E-state index contributed by atoms with van der Waals surface area (Å²) in [5.41, 5.74) is 0.453. The number of piperidine rings is 1. The molecule has 2 rings (SSSR count). The Morgan fingerprint density at radius 1 is 1.22 bits per heavy atom. The molecule has 1 aliphatic rings. The normalized spacial score (nSPS) is 30.4. The van der Waals surface area contributed by atoms with E-state index in [9.17, 15) is 5.11 Å². The quantitative estimate of drug-likeness (QED) is 0.824. The molecule has 0 bridgehead atoms. The van der Waals surface area contributed by atoms with Gasteiger partial charge in [0.1, 0.15) is 5.60 Å². The minimum Gasteiger partial charge on any atom is -0.384 e. The van der Waals surface area contributed by atoms with Crippen molar-refractivity contribution < 1.29 is 5.11 Å². The summed E-state index contributed by atoms with van der Waals surface area (Å²) in [7, 11) is 0. The number of hydrogen-bond donors (Lipinski definition) is 1. The Kier molecular flexibility index (Phi) is 3.52. The maximum atomic E-state index is 11.0. The molecule has 0 aliphatic carbocycles. The van der Waals surface area contributed by atoms with Crippen molar-refractivity contribution in [3.63, 3.8) is 0 Å². The molecule has 2 nitrogen and oxygen atoms in total. The summed E-state index contributed by atoms with van der Waals surface area (Å²) in [5, 5.41) is 11.0. The number of benzene rings is 1. The summed E-state index contributed by atoms with van der Waals surface area (Å²) in [5.74, 6) is 0.517. The topological polar surface area (TPSA) is 23.5 Å². The zero-order valence-electron chi connectivity index (χ0n) is 12.0. The highest BCUT2D eigenvalue weighted by molar-refractivity contribution is 5.24. The van der Waals surface area contributed by atoms with Crippen molar-refractivity contribution in [3.8, 4) is 0 Å². The van der Waals surface area contributed by atoms with Gasteiger partial charge in [-0.05, 0) is 38.7 Å². The van der Waals surface area contributed by atoms with E-state index in [0.29, 0.717) is 5.92 Å². The molecular formula is C16H25NO. The van der Waals surface area contributed by atoms with Gasteiger partial charge >= 0.3 is 0 Å². The fraction of sp³-hybridized carbons (Fsp3) is 0.625. The molecule has 1 heterocycles. The molecule has 100 valence electrons. The third-order valence-electron chi connectivity index (χ3n) is 3.93. The average Bonchev–Trinajstić information content (AvgIpc) is 2.28. The van der Waals surface area contributed by atoms with Crippen LogP contribution in [0, 0.1) is 5.92 Å². The van der Waals surface area contributed by atoms with Crippen LogP contribution in [0.3, 0.4) is 0 Å². The number of hydrogen-bond acceptors (Lipinski definition) is 2. The minimum atomic E-state index is -0.702. The zero-order valence-corrected chi connectivity index (χ0v) is 12.0. The Hall–Kier alpha value is -0.860. The molecule has 0 amide bonds. The van der Waals surface area contributed by atoms with Crippen molar-refractivity contribution in [3.05, 3.63) is 35.9 Å². The molecule has 1 aromatic carbocycles. The van der Waals surface area contributed by atoms with Crippen LogP contribution >= 0.6 is 0 Å². The lowest BCUT2D eigenvalue weighted by molar-refractivity contribution is -0.0805. The molecule has 1 saturated heterocycles. The summed E-state index contributed by atoms with van der Waals surface area (Å²) in [6, 6.07) is 10.1. The van der Waals surface area contributed by atoms with Crippen LogP contribution in [0.2, 0.25) is 0 Å². The van der Waals surface area contributed by atoms with Gasteiger partial charge in [0.05, 0.1) is 0 Å². The highest BCUT2D eigenvalue weighted by Gasteiger charge is 2.41. The summed E-state index contributed by atoms with van der Waals surface area (Å²) in [4.78, 5) is 2.40. The number of rotatable bonds is 1. The maximum Gasteiger partial charge on any atom is 0.103 e. The first-order valence-electron chi connectivity index (χ1n) is 6.84. The van der Waals surface area contributed by atoms with E-state index in [-0.39, 0.29) is 5.54 Å². The van der Waals surface area contributed by atoms with Crippen LogP contribution in [-0.2, 0) is 5.60 Å². The number of aliphatic hydroxyl groups is 1. The molecule has 2 heteroatoms. The second-order valence-corrected chi connectivity index (χ2v) is 6.76. The Morgan fingerprint density at radius 2 is 1.83 bits per heavy atom. The van der Waals surface area contributed by atoms with Gasteiger partial charge in [-0.2, -0.15) is 0 Å². The molecule has 18 heavy (non-hydrogen) atoms. The van der Waals surface area contributed by atoms with Crippen LogP contribution in [0.25, 0.3) is 0 Å². The summed E-state index contributed by atoms with van der Waals surface area (Å²) in [6.45, 7) is 10.7. The van der Waals surface area contributed by atoms with E-state index in [1.807, 2.05) is 30.3 Å². The van der Waals surface area contributed by atoms with Crippen LogP contribution in [0.5, 0.6) is 0 Å². The largest absolute Gasteiger partial charge is 0.384 e. The van der Waals surface area contributed by atoms with Crippen molar-refractivity contribution >= 4 is 0 Å². The van der Waals surface area contributed by atoms with E-state index in [2.05, 4.69) is 32.6 Å². The Morgan fingerprint density at radius 3 is 2.39 bits per heavy atom. The predicted molar refractivity (Wildman–Crippen MR) is 75.4 cm³/mol. The number of likely N-dealkylation sites (tertiary alicyclic amines) is 1. The molecular weight excluding hydrogens is 222 g/mol. The van der Waals surface area contributed by atoms with E-state index in [1.54, 1.807) is 0 Å². The van der Waals surface area contributed by atoms with Gasteiger partial charge in [0.2, 0.25) is 0 Å². The smallest absolute Gasteiger partial charge is 0.103 e. The molecule has 0 saturated carbocycles. The van der Waals surface area contributed by atoms with E-state index in [0.717, 1.165) is 25.1 Å². The molecule has 2 atom stereocenters. The SMILES string of the molecule is C[C@@H]1CN(C(C)(C)C)C[C@@](O)(c2ccccc2)C1. The van der Waals surface area contributed by atoms with Crippen molar-refractivity contribution in [1.29, 1.82) is 0 Å². The van der Waals surface area contributed by atoms with Gasteiger partial charge in [0, 0.05) is 18.6 Å². The highest BCUT2D eigenvalue weighted by atomic mass is 16.3. The third-order valence-corrected chi connectivity index (χ3v) is 3.93. The monoisotopic (exact) mass is 247 g/mol.